The van der Waals surface area contributed by atoms with E-state index in [1.54, 1.807) is 0 Å². The zero-order chi connectivity index (χ0) is 21.4. The Labute approximate surface area is 169 Å². The van der Waals surface area contributed by atoms with Crippen LogP contribution < -0.4 is 14.8 Å². The minimum atomic E-state index is -3.97. The highest BCUT2D eigenvalue weighted by molar-refractivity contribution is 7.92. The number of benzene rings is 2. The Balaban J connectivity index is 1.96. The van der Waals surface area contributed by atoms with Gasteiger partial charge in [0.2, 0.25) is 15.9 Å². The molecule has 0 radical (unpaired) electrons. The number of rotatable bonds is 6. The van der Waals surface area contributed by atoms with Crippen molar-refractivity contribution in [1.82, 2.24) is 4.31 Å². The van der Waals surface area contributed by atoms with E-state index >= 15 is 0 Å². The lowest BCUT2D eigenvalue weighted by atomic mass is 10.0. The molecule has 0 spiro atoms. The second-order valence-electron chi connectivity index (χ2n) is 6.63. The monoisotopic (exact) mass is 439 g/mol. The molecular formula is C18H21N3O6S2. The highest BCUT2D eigenvalue weighted by Gasteiger charge is 2.25. The van der Waals surface area contributed by atoms with E-state index in [1.165, 1.54) is 57.6 Å². The summed E-state index contributed by atoms with van der Waals surface area (Å²) < 4.78 is 59.2. The fraction of sp³-hybridized carbons (Fsp3) is 0.278. The number of ether oxygens (including phenoxy) is 1. The van der Waals surface area contributed by atoms with Crippen molar-refractivity contribution in [2.45, 2.75) is 22.6 Å². The zero-order valence-corrected chi connectivity index (χ0v) is 17.7. The summed E-state index contributed by atoms with van der Waals surface area (Å²) in [5.41, 5.74) is 1.39. The van der Waals surface area contributed by atoms with Crippen molar-refractivity contribution >= 4 is 37.3 Å². The van der Waals surface area contributed by atoms with Crippen molar-refractivity contribution in [1.29, 1.82) is 0 Å². The van der Waals surface area contributed by atoms with Gasteiger partial charge < -0.3 is 10.1 Å². The summed E-state index contributed by atoms with van der Waals surface area (Å²) in [6.07, 6.45) is 0.729. The van der Waals surface area contributed by atoms with Crippen LogP contribution >= 0.6 is 0 Å². The van der Waals surface area contributed by atoms with Gasteiger partial charge in [0.1, 0.15) is 10.6 Å². The van der Waals surface area contributed by atoms with Gasteiger partial charge in [0, 0.05) is 26.2 Å². The first-order valence-corrected chi connectivity index (χ1v) is 11.5. The summed E-state index contributed by atoms with van der Waals surface area (Å²) >= 11 is 0. The number of anilines is 2. The average Bonchev–Trinajstić information content (AvgIpc) is 2.67. The second-order valence-corrected chi connectivity index (χ2v) is 10.4. The third-order valence-corrected chi connectivity index (χ3v) is 7.67. The van der Waals surface area contributed by atoms with Crippen molar-refractivity contribution in [3.05, 3.63) is 42.0 Å². The van der Waals surface area contributed by atoms with Gasteiger partial charge in [-0.15, -0.1) is 0 Å². The lowest BCUT2D eigenvalue weighted by molar-refractivity contribution is -0.116. The molecule has 0 aromatic heterocycles. The van der Waals surface area contributed by atoms with Crippen LogP contribution in [0.25, 0.3) is 0 Å². The third-order valence-electron chi connectivity index (χ3n) is 4.46. The summed E-state index contributed by atoms with van der Waals surface area (Å²) in [6, 6.07) is 8.44. The largest absolute Gasteiger partial charge is 0.495 e. The van der Waals surface area contributed by atoms with Crippen LogP contribution in [0.3, 0.4) is 0 Å². The molecular weight excluding hydrogens is 418 g/mol. The molecule has 0 fully saturated rings. The molecule has 1 heterocycles. The topological polar surface area (TPSA) is 122 Å². The molecule has 156 valence electrons. The minimum absolute atomic E-state index is 0.0141. The van der Waals surface area contributed by atoms with Gasteiger partial charge in [-0.1, -0.05) is 0 Å². The molecule has 2 aromatic rings. The van der Waals surface area contributed by atoms with Crippen molar-refractivity contribution in [3.8, 4) is 5.75 Å². The summed E-state index contributed by atoms with van der Waals surface area (Å²) in [4.78, 5) is 11.3. The lowest BCUT2D eigenvalue weighted by Gasteiger charge is -2.18. The number of nitrogens with zero attached hydrogens (tertiary/aromatic N) is 1. The van der Waals surface area contributed by atoms with Gasteiger partial charge in [-0.2, -0.15) is 0 Å². The highest BCUT2D eigenvalue weighted by atomic mass is 32.2. The van der Waals surface area contributed by atoms with E-state index in [0.29, 0.717) is 12.1 Å². The van der Waals surface area contributed by atoms with E-state index in [4.69, 9.17) is 4.74 Å². The van der Waals surface area contributed by atoms with Crippen LogP contribution in [0.15, 0.2) is 46.2 Å². The third kappa shape index (κ3) is 4.21. The van der Waals surface area contributed by atoms with Crippen LogP contribution in [0.5, 0.6) is 5.75 Å². The molecule has 11 heteroatoms. The number of carbonyl (C=O) groups is 1. The molecule has 0 atom stereocenters. The summed E-state index contributed by atoms with van der Waals surface area (Å²) in [5.74, 6) is -0.00901. The molecule has 0 saturated carbocycles. The quantitative estimate of drug-likeness (QED) is 0.706. The van der Waals surface area contributed by atoms with Gasteiger partial charge in [0.25, 0.3) is 10.0 Å². The van der Waals surface area contributed by atoms with Gasteiger partial charge in [0.05, 0.1) is 17.7 Å². The molecule has 0 unspecified atom stereocenters. The number of sulfonamides is 2. The van der Waals surface area contributed by atoms with Crippen LogP contribution in [0.4, 0.5) is 11.4 Å². The van der Waals surface area contributed by atoms with Crippen LogP contribution in [0.1, 0.15) is 12.0 Å². The zero-order valence-electron chi connectivity index (χ0n) is 16.1. The number of hydrogen-bond donors (Lipinski definition) is 2. The van der Waals surface area contributed by atoms with Crippen LogP contribution in [-0.2, 0) is 31.3 Å². The van der Waals surface area contributed by atoms with Gasteiger partial charge in [-0.05, 0) is 48.4 Å². The fourth-order valence-electron chi connectivity index (χ4n) is 2.88. The van der Waals surface area contributed by atoms with E-state index in [2.05, 4.69) is 10.0 Å². The SMILES string of the molecule is COc1ccc(NS(=O)(=O)c2ccc3c(c2)CCC(=O)N3)cc1S(=O)(=O)N(C)C. The standard InChI is InChI=1S/C18H21N3O6S2/c1-21(2)29(25,26)17-11-13(5-8-16(17)27-3)20-28(23,24)14-6-7-15-12(10-14)4-9-18(22)19-15/h5-8,10-11,20H,4,9H2,1-3H3,(H,19,22). The number of hydrogen-bond acceptors (Lipinski definition) is 6. The van der Waals surface area contributed by atoms with Crippen molar-refractivity contribution in [3.63, 3.8) is 0 Å². The summed E-state index contributed by atoms with van der Waals surface area (Å²) in [7, 11) is -3.74. The number of aryl methyl sites for hydroxylation is 1. The number of fused-ring (bicyclic) bond motifs is 1. The van der Waals surface area contributed by atoms with Gasteiger partial charge in [-0.3, -0.25) is 9.52 Å². The average molecular weight is 440 g/mol. The molecule has 3 rings (SSSR count). The van der Waals surface area contributed by atoms with E-state index in [-0.39, 0.29) is 33.6 Å². The maximum Gasteiger partial charge on any atom is 0.261 e. The summed E-state index contributed by atoms with van der Waals surface area (Å²) in [6.45, 7) is 0. The Morgan fingerprint density at radius 2 is 1.76 bits per heavy atom. The molecule has 1 aliphatic rings. The van der Waals surface area contributed by atoms with Crippen LogP contribution in [0, 0.1) is 0 Å². The van der Waals surface area contributed by atoms with Gasteiger partial charge in [-0.25, -0.2) is 21.1 Å². The number of nitrogens with one attached hydrogen (secondary N) is 2. The van der Waals surface area contributed by atoms with Crippen LogP contribution in [-0.4, -0.2) is 48.3 Å². The molecule has 29 heavy (non-hydrogen) atoms. The molecule has 0 bridgehead atoms. The van der Waals surface area contributed by atoms with E-state index in [1.807, 2.05) is 0 Å². The minimum Gasteiger partial charge on any atom is -0.495 e. The molecule has 0 saturated heterocycles. The molecule has 2 N–H and O–H groups in total. The normalized spacial score (nSPS) is 14.3. The Bertz CT molecular complexity index is 1170. The maximum absolute atomic E-state index is 12.8. The van der Waals surface area contributed by atoms with Crippen molar-refractivity contribution < 1.29 is 26.4 Å². The lowest BCUT2D eigenvalue weighted by Crippen LogP contribution is -2.23. The second kappa shape index (κ2) is 7.65. The Morgan fingerprint density at radius 1 is 1.03 bits per heavy atom. The van der Waals surface area contributed by atoms with E-state index in [0.717, 1.165) is 9.87 Å². The Hall–Kier alpha value is -2.63. The van der Waals surface area contributed by atoms with Crippen molar-refractivity contribution in [2.75, 3.05) is 31.2 Å². The van der Waals surface area contributed by atoms with E-state index < -0.39 is 20.0 Å². The maximum atomic E-state index is 12.8. The fourth-order valence-corrected chi connectivity index (χ4v) is 5.05. The highest BCUT2D eigenvalue weighted by Crippen LogP contribution is 2.31. The Morgan fingerprint density at radius 3 is 2.41 bits per heavy atom. The Kier molecular flexibility index (Phi) is 5.57. The molecule has 2 aromatic carbocycles. The van der Waals surface area contributed by atoms with E-state index in [9.17, 15) is 21.6 Å². The molecule has 1 aliphatic heterocycles. The first-order valence-electron chi connectivity index (χ1n) is 8.61. The first-order chi connectivity index (χ1) is 13.5. The predicted octanol–water partition coefficient (Wildman–Crippen LogP) is 1.63. The van der Waals surface area contributed by atoms with Gasteiger partial charge >= 0.3 is 0 Å². The van der Waals surface area contributed by atoms with Crippen LogP contribution in [0.2, 0.25) is 0 Å². The molecule has 9 nitrogen and oxygen atoms in total. The summed E-state index contributed by atoms with van der Waals surface area (Å²) in [5, 5.41) is 2.70. The molecule has 0 aliphatic carbocycles. The number of amides is 1. The smallest absolute Gasteiger partial charge is 0.261 e. The predicted molar refractivity (Wildman–Crippen MR) is 108 cm³/mol. The van der Waals surface area contributed by atoms with Gasteiger partial charge in [0.15, 0.2) is 0 Å². The number of carbonyl (C=O) groups excluding carboxylic acids is 1. The van der Waals surface area contributed by atoms with Crippen molar-refractivity contribution in [2.24, 2.45) is 0 Å². The molecule has 1 amide bonds. The first kappa shape index (κ1) is 21.1. The number of methoxy groups -OCH3 is 1.